The van der Waals surface area contributed by atoms with E-state index in [1.54, 1.807) is 0 Å². The fourth-order valence-corrected chi connectivity index (χ4v) is 2.99. The van der Waals surface area contributed by atoms with Gasteiger partial charge < -0.3 is 10.2 Å². The Balaban J connectivity index is 1.47. The highest BCUT2D eigenvalue weighted by atomic mass is 16.1. The van der Waals surface area contributed by atoms with E-state index < -0.39 is 0 Å². The van der Waals surface area contributed by atoms with E-state index in [1.807, 2.05) is 12.3 Å². The fraction of sp³-hybridized carbons (Fsp3) is 0.400. The minimum Gasteiger partial charge on any atom is -0.357 e. The first kappa shape index (κ1) is 16.5. The van der Waals surface area contributed by atoms with Crippen molar-refractivity contribution in [1.29, 1.82) is 0 Å². The molecule has 0 radical (unpaired) electrons. The van der Waals surface area contributed by atoms with E-state index >= 15 is 0 Å². The Kier molecular flexibility index (Phi) is 5.47. The number of aromatic nitrogens is 1. The molecule has 4 nitrogen and oxygen atoms in total. The first-order chi connectivity index (χ1) is 11.7. The minimum atomic E-state index is 0.0927. The third-order valence-corrected chi connectivity index (χ3v) is 4.49. The van der Waals surface area contributed by atoms with Crippen molar-refractivity contribution in [2.75, 3.05) is 18.0 Å². The Labute approximate surface area is 143 Å². The third-order valence-electron chi connectivity index (χ3n) is 4.49. The predicted octanol–water partition coefficient (Wildman–Crippen LogP) is 3.24. The van der Waals surface area contributed by atoms with Crippen LogP contribution in [0.5, 0.6) is 0 Å². The number of aryl methyl sites for hydroxylation is 2. The molecule has 1 aromatic carbocycles. The Morgan fingerprint density at radius 3 is 2.62 bits per heavy atom. The van der Waals surface area contributed by atoms with Gasteiger partial charge in [0.15, 0.2) is 0 Å². The average Bonchev–Trinajstić information content (AvgIpc) is 3.14. The number of benzene rings is 1. The fourth-order valence-electron chi connectivity index (χ4n) is 2.99. The summed E-state index contributed by atoms with van der Waals surface area (Å²) in [6.45, 7) is 4.84. The van der Waals surface area contributed by atoms with Crippen LogP contribution in [0.25, 0.3) is 0 Å². The van der Waals surface area contributed by atoms with Crippen LogP contribution in [0.2, 0.25) is 0 Å². The van der Waals surface area contributed by atoms with Crippen molar-refractivity contribution in [1.82, 2.24) is 10.3 Å². The largest absolute Gasteiger partial charge is 0.357 e. The smallest absolute Gasteiger partial charge is 0.220 e. The molecule has 126 valence electrons. The number of carbonyl (C=O) groups is 1. The van der Waals surface area contributed by atoms with Crippen LogP contribution in [0.15, 0.2) is 42.6 Å². The summed E-state index contributed by atoms with van der Waals surface area (Å²) in [5.41, 5.74) is 3.54. The van der Waals surface area contributed by atoms with E-state index in [9.17, 15) is 4.79 Å². The molecule has 24 heavy (non-hydrogen) atoms. The maximum atomic E-state index is 12.1. The molecule has 0 bridgehead atoms. The monoisotopic (exact) mass is 323 g/mol. The molecule has 1 amide bonds. The van der Waals surface area contributed by atoms with Gasteiger partial charge in [-0.3, -0.25) is 4.79 Å². The molecule has 0 saturated carbocycles. The van der Waals surface area contributed by atoms with Crippen molar-refractivity contribution in [2.24, 2.45) is 0 Å². The van der Waals surface area contributed by atoms with Gasteiger partial charge in [-0.15, -0.1) is 0 Å². The van der Waals surface area contributed by atoms with Gasteiger partial charge in [-0.1, -0.05) is 29.8 Å². The number of pyridine rings is 1. The molecule has 2 heterocycles. The molecular weight excluding hydrogens is 298 g/mol. The SMILES string of the molecule is Cc1ccc(CNC(=O)CCc2ccnc(N3CCCC3)c2)cc1. The summed E-state index contributed by atoms with van der Waals surface area (Å²) in [5.74, 6) is 1.14. The first-order valence-corrected chi connectivity index (χ1v) is 8.73. The number of nitrogens with one attached hydrogen (secondary N) is 1. The number of nitrogens with zero attached hydrogens (tertiary/aromatic N) is 2. The highest BCUT2D eigenvalue weighted by Gasteiger charge is 2.13. The number of hydrogen-bond acceptors (Lipinski definition) is 3. The van der Waals surface area contributed by atoms with Gasteiger partial charge in [-0.2, -0.15) is 0 Å². The lowest BCUT2D eigenvalue weighted by Crippen LogP contribution is -2.23. The van der Waals surface area contributed by atoms with Gasteiger partial charge in [0, 0.05) is 32.3 Å². The first-order valence-electron chi connectivity index (χ1n) is 8.73. The van der Waals surface area contributed by atoms with Crippen LogP contribution in [0.1, 0.15) is 36.0 Å². The molecule has 1 N–H and O–H groups in total. The highest BCUT2D eigenvalue weighted by Crippen LogP contribution is 2.19. The lowest BCUT2D eigenvalue weighted by molar-refractivity contribution is -0.121. The van der Waals surface area contributed by atoms with Crippen molar-refractivity contribution < 1.29 is 4.79 Å². The number of rotatable bonds is 6. The van der Waals surface area contributed by atoms with Crippen molar-refractivity contribution in [3.05, 3.63) is 59.3 Å². The van der Waals surface area contributed by atoms with Crippen LogP contribution >= 0.6 is 0 Å². The van der Waals surface area contributed by atoms with Gasteiger partial charge in [0.1, 0.15) is 5.82 Å². The molecule has 0 unspecified atom stereocenters. The molecule has 0 spiro atoms. The molecule has 1 saturated heterocycles. The maximum absolute atomic E-state index is 12.1. The van der Waals surface area contributed by atoms with Crippen LogP contribution in [0, 0.1) is 6.92 Å². The van der Waals surface area contributed by atoms with Crippen molar-refractivity contribution >= 4 is 11.7 Å². The zero-order valence-corrected chi connectivity index (χ0v) is 14.3. The zero-order valence-electron chi connectivity index (χ0n) is 14.3. The minimum absolute atomic E-state index is 0.0927. The van der Waals surface area contributed by atoms with Crippen molar-refractivity contribution in [2.45, 2.75) is 39.2 Å². The second-order valence-corrected chi connectivity index (χ2v) is 6.48. The van der Waals surface area contributed by atoms with Gasteiger partial charge in [0.05, 0.1) is 0 Å². The molecule has 0 atom stereocenters. The van der Waals surface area contributed by atoms with E-state index in [0.717, 1.165) is 30.9 Å². The summed E-state index contributed by atoms with van der Waals surface area (Å²) in [5, 5.41) is 2.99. The van der Waals surface area contributed by atoms with E-state index in [2.05, 4.69) is 52.5 Å². The van der Waals surface area contributed by atoms with Crippen molar-refractivity contribution in [3.8, 4) is 0 Å². The Bertz CT molecular complexity index is 676. The predicted molar refractivity (Wildman–Crippen MR) is 97.0 cm³/mol. The number of hydrogen-bond donors (Lipinski definition) is 1. The summed E-state index contributed by atoms with van der Waals surface area (Å²) in [6, 6.07) is 12.4. The Morgan fingerprint density at radius 1 is 1.12 bits per heavy atom. The van der Waals surface area contributed by atoms with Gasteiger partial charge >= 0.3 is 0 Å². The molecule has 1 aliphatic rings. The van der Waals surface area contributed by atoms with E-state index in [4.69, 9.17) is 0 Å². The van der Waals surface area contributed by atoms with Crippen molar-refractivity contribution in [3.63, 3.8) is 0 Å². The van der Waals surface area contributed by atoms with E-state index in [-0.39, 0.29) is 5.91 Å². The molecule has 4 heteroatoms. The topological polar surface area (TPSA) is 45.2 Å². The normalized spacial score (nSPS) is 14.0. The maximum Gasteiger partial charge on any atom is 0.220 e. The molecule has 2 aromatic rings. The lowest BCUT2D eigenvalue weighted by atomic mass is 10.1. The summed E-state index contributed by atoms with van der Waals surface area (Å²) < 4.78 is 0. The zero-order chi connectivity index (χ0) is 16.8. The van der Waals surface area contributed by atoms with E-state index in [1.165, 1.54) is 24.0 Å². The molecule has 3 rings (SSSR count). The van der Waals surface area contributed by atoms with Gasteiger partial charge in [-0.05, 0) is 49.4 Å². The second-order valence-electron chi connectivity index (χ2n) is 6.48. The summed E-state index contributed by atoms with van der Waals surface area (Å²) >= 11 is 0. The number of amides is 1. The highest BCUT2D eigenvalue weighted by molar-refractivity contribution is 5.76. The quantitative estimate of drug-likeness (QED) is 0.887. The molecule has 1 fully saturated rings. The summed E-state index contributed by atoms with van der Waals surface area (Å²) in [6.07, 6.45) is 5.60. The standard InChI is InChI=1S/C20H25N3O/c1-16-4-6-18(7-5-16)15-22-20(24)9-8-17-10-11-21-19(14-17)23-12-2-3-13-23/h4-7,10-11,14H,2-3,8-9,12-13,15H2,1H3,(H,22,24). The lowest BCUT2D eigenvalue weighted by Gasteiger charge is -2.16. The number of anilines is 1. The van der Waals surface area contributed by atoms with Crippen LogP contribution < -0.4 is 10.2 Å². The van der Waals surface area contributed by atoms with E-state index in [0.29, 0.717) is 13.0 Å². The van der Waals surface area contributed by atoms with Crippen LogP contribution in [-0.2, 0) is 17.8 Å². The van der Waals surface area contributed by atoms with Gasteiger partial charge in [-0.25, -0.2) is 4.98 Å². The van der Waals surface area contributed by atoms with Crippen LogP contribution in [-0.4, -0.2) is 24.0 Å². The summed E-state index contributed by atoms with van der Waals surface area (Å²) in [4.78, 5) is 18.8. The van der Waals surface area contributed by atoms with Gasteiger partial charge in [0.2, 0.25) is 5.91 Å². The van der Waals surface area contributed by atoms with Gasteiger partial charge in [0.25, 0.3) is 0 Å². The van der Waals surface area contributed by atoms with Crippen LogP contribution in [0.4, 0.5) is 5.82 Å². The van der Waals surface area contributed by atoms with Crippen LogP contribution in [0.3, 0.4) is 0 Å². The Hall–Kier alpha value is -2.36. The Morgan fingerprint density at radius 2 is 1.88 bits per heavy atom. The third kappa shape index (κ3) is 4.57. The molecule has 1 aliphatic heterocycles. The molecular formula is C20H25N3O. The summed E-state index contributed by atoms with van der Waals surface area (Å²) in [7, 11) is 0. The average molecular weight is 323 g/mol. The molecule has 0 aliphatic carbocycles. The number of carbonyl (C=O) groups excluding carboxylic acids is 1. The second kappa shape index (κ2) is 7.95. The molecule has 1 aromatic heterocycles.